The number of aromatic nitrogens is 1. The molecule has 0 bridgehead atoms. The van der Waals surface area contributed by atoms with Crippen LogP contribution in [-0.2, 0) is 0 Å². The molecule has 0 aromatic carbocycles. The second kappa shape index (κ2) is 4.75. The molecule has 0 aliphatic carbocycles. The number of nitrogens with one attached hydrogen (secondary N) is 1. The fraction of sp³-hybridized carbons (Fsp3) is 0.467. The van der Waals surface area contributed by atoms with E-state index in [2.05, 4.69) is 58.9 Å². The average molecular weight is 243 g/mol. The van der Waals surface area contributed by atoms with E-state index in [-0.39, 0.29) is 0 Å². The predicted molar refractivity (Wildman–Crippen MR) is 75.0 cm³/mol. The Morgan fingerprint density at radius 3 is 2.78 bits per heavy atom. The molecule has 0 saturated carbocycles. The number of pyridine rings is 1. The third-order valence-electron chi connectivity index (χ3n) is 4.01. The summed E-state index contributed by atoms with van der Waals surface area (Å²) in [5.41, 5.74) is 4.13. The van der Waals surface area contributed by atoms with Gasteiger partial charge in [-0.1, -0.05) is 6.07 Å². The second-order valence-corrected chi connectivity index (χ2v) is 5.17. The average Bonchev–Trinajstić information content (AvgIpc) is 2.75. The third-order valence-corrected chi connectivity index (χ3v) is 4.01. The Balaban J connectivity index is 1.99. The van der Waals surface area contributed by atoms with Crippen LogP contribution in [-0.4, -0.2) is 35.5 Å². The summed E-state index contributed by atoms with van der Waals surface area (Å²) in [5, 5.41) is 3.42. The highest BCUT2D eigenvalue weighted by Gasteiger charge is 2.21. The minimum Gasteiger partial charge on any atom is -0.319 e. The molecular formula is C15H21N3. The summed E-state index contributed by atoms with van der Waals surface area (Å²) in [6.45, 7) is 9.04. The van der Waals surface area contributed by atoms with Gasteiger partial charge in [-0.3, -0.25) is 4.90 Å². The molecule has 1 atom stereocenters. The highest BCUT2D eigenvalue weighted by atomic mass is 15.2. The first-order valence-electron chi connectivity index (χ1n) is 6.79. The summed E-state index contributed by atoms with van der Waals surface area (Å²) in [7, 11) is 0. The summed E-state index contributed by atoms with van der Waals surface area (Å²) in [6, 6.07) is 9.17. The molecule has 0 spiro atoms. The van der Waals surface area contributed by atoms with E-state index in [1.165, 1.54) is 16.8 Å². The molecule has 1 N–H and O–H groups in total. The molecule has 1 saturated heterocycles. The van der Waals surface area contributed by atoms with Gasteiger partial charge in [0, 0.05) is 49.6 Å². The van der Waals surface area contributed by atoms with Gasteiger partial charge in [0.15, 0.2) is 0 Å². The van der Waals surface area contributed by atoms with Crippen LogP contribution >= 0.6 is 0 Å². The lowest BCUT2D eigenvalue weighted by atomic mass is 10.1. The molecule has 1 fully saturated rings. The summed E-state index contributed by atoms with van der Waals surface area (Å²) >= 11 is 0. The minimum absolute atomic E-state index is 0.483. The minimum atomic E-state index is 0.483. The van der Waals surface area contributed by atoms with Crippen molar-refractivity contribution in [3.05, 3.63) is 41.7 Å². The number of hydrogen-bond acceptors (Lipinski definition) is 2. The van der Waals surface area contributed by atoms with E-state index in [1.807, 2.05) is 0 Å². The Kier molecular flexibility index (Phi) is 3.10. The lowest BCUT2D eigenvalue weighted by Gasteiger charge is -2.33. The topological polar surface area (TPSA) is 19.7 Å². The van der Waals surface area contributed by atoms with Crippen molar-refractivity contribution >= 4 is 5.52 Å². The van der Waals surface area contributed by atoms with E-state index in [0.29, 0.717) is 6.04 Å². The zero-order valence-electron chi connectivity index (χ0n) is 11.2. The summed E-state index contributed by atoms with van der Waals surface area (Å²) in [5.74, 6) is 0. The predicted octanol–water partition coefficient (Wildman–Crippen LogP) is 2.21. The van der Waals surface area contributed by atoms with E-state index >= 15 is 0 Å². The quantitative estimate of drug-likeness (QED) is 0.872. The van der Waals surface area contributed by atoms with Crippen molar-refractivity contribution < 1.29 is 0 Å². The van der Waals surface area contributed by atoms with Crippen LogP contribution in [0, 0.1) is 6.92 Å². The van der Waals surface area contributed by atoms with Crippen molar-refractivity contribution in [3.63, 3.8) is 0 Å². The summed E-state index contributed by atoms with van der Waals surface area (Å²) in [4.78, 5) is 2.57. The second-order valence-electron chi connectivity index (χ2n) is 5.17. The first kappa shape index (κ1) is 11.8. The van der Waals surface area contributed by atoms with E-state index in [0.717, 1.165) is 26.2 Å². The Labute approximate surface area is 108 Å². The first-order valence-corrected chi connectivity index (χ1v) is 6.79. The highest BCUT2D eigenvalue weighted by molar-refractivity contribution is 5.53. The van der Waals surface area contributed by atoms with Gasteiger partial charge in [-0.05, 0) is 37.6 Å². The van der Waals surface area contributed by atoms with Crippen LogP contribution in [0.4, 0.5) is 0 Å². The van der Waals surface area contributed by atoms with Crippen LogP contribution in [0.25, 0.3) is 5.52 Å². The molecule has 1 aliphatic rings. The van der Waals surface area contributed by atoms with Gasteiger partial charge >= 0.3 is 0 Å². The zero-order chi connectivity index (χ0) is 12.5. The maximum Gasteiger partial charge on any atom is 0.0479 e. The SMILES string of the molecule is Cc1cc2ccccn2c1C(C)N1CCNCC1. The van der Waals surface area contributed by atoms with Gasteiger partial charge in [0.1, 0.15) is 0 Å². The Bertz CT molecular complexity index is 538. The van der Waals surface area contributed by atoms with Crippen LogP contribution in [0.5, 0.6) is 0 Å². The van der Waals surface area contributed by atoms with Crippen molar-refractivity contribution in [3.8, 4) is 0 Å². The van der Waals surface area contributed by atoms with Crippen LogP contribution in [0.15, 0.2) is 30.5 Å². The molecule has 2 aromatic rings. The number of piperazine rings is 1. The molecule has 0 amide bonds. The van der Waals surface area contributed by atoms with Gasteiger partial charge in [-0.25, -0.2) is 0 Å². The largest absolute Gasteiger partial charge is 0.319 e. The summed E-state index contributed by atoms with van der Waals surface area (Å²) in [6.07, 6.45) is 2.18. The number of fused-ring (bicyclic) bond motifs is 1. The van der Waals surface area contributed by atoms with Gasteiger partial charge in [-0.15, -0.1) is 0 Å². The standard InChI is InChI=1S/C15H21N3/c1-12-11-14-5-3-4-8-18(14)15(12)13(2)17-9-6-16-7-10-17/h3-5,8,11,13,16H,6-7,9-10H2,1-2H3. The summed E-state index contributed by atoms with van der Waals surface area (Å²) < 4.78 is 2.34. The molecule has 18 heavy (non-hydrogen) atoms. The third kappa shape index (κ3) is 1.93. The Morgan fingerprint density at radius 2 is 2.00 bits per heavy atom. The normalized spacial score (nSPS) is 19.2. The maximum atomic E-state index is 3.42. The number of aryl methyl sites for hydroxylation is 1. The van der Waals surface area contributed by atoms with Crippen LogP contribution in [0.2, 0.25) is 0 Å². The van der Waals surface area contributed by atoms with Crippen molar-refractivity contribution in [2.45, 2.75) is 19.9 Å². The van der Waals surface area contributed by atoms with E-state index in [4.69, 9.17) is 0 Å². The molecular weight excluding hydrogens is 222 g/mol. The van der Waals surface area contributed by atoms with Crippen molar-refractivity contribution in [1.29, 1.82) is 0 Å². The van der Waals surface area contributed by atoms with E-state index in [9.17, 15) is 0 Å². The molecule has 96 valence electrons. The zero-order valence-corrected chi connectivity index (χ0v) is 11.2. The number of nitrogens with zero attached hydrogens (tertiary/aromatic N) is 2. The van der Waals surface area contributed by atoms with E-state index < -0.39 is 0 Å². The lowest BCUT2D eigenvalue weighted by molar-refractivity contribution is 0.181. The molecule has 3 heterocycles. The van der Waals surface area contributed by atoms with Crippen molar-refractivity contribution in [1.82, 2.24) is 14.6 Å². The fourth-order valence-electron chi connectivity index (χ4n) is 3.05. The van der Waals surface area contributed by atoms with Gasteiger partial charge < -0.3 is 9.72 Å². The molecule has 3 rings (SSSR count). The monoisotopic (exact) mass is 243 g/mol. The molecule has 3 nitrogen and oxygen atoms in total. The van der Waals surface area contributed by atoms with Crippen LogP contribution < -0.4 is 5.32 Å². The van der Waals surface area contributed by atoms with Crippen molar-refractivity contribution in [2.24, 2.45) is 0 Å². The van der Waals surface area contributed by atoms with Gasteiger partial charge in [0.25, 0.3) is 0 Å². The molecule has 3 heteroatoms. The Hall–Kier alpha value is -1.32. The van der Waals surface area contributed by atoms with E-state index in [1.54, 1.807) is 0 Å². The lowest BCUT2D eigenvalue weighted by Crippen LogP contribution is -2.44. The Morgan fingerprint density at radius 1 is 1.22 bits per heavy atom. The van der Waals surface area contributed by atoms with Gasteiger partial charge in [-0.2, -0.15) is 0 Å². The van der Waals surface area contributed by atoms with Gasteiger partial charge in [0.2, 0.25) is 0 Å². The first-order chi connectivity index (χ1) is 8.77. The van der Waals surface area contributed by atoms with Crippen LogP contribution in [0.1, 0.15) is 24.2 Å². The number of rotatable bonds is 2. The molecule has 1 aliphatic heterocycles. The highest BCUT2D eigenvalue weighted by Crippen LogP contribution is 2.26. The van der Waals surface area contributed by atoms with Crippen LogP contribution in [0.3, 0.4) is 0 Å². The number of hydrogen-bond donors (Lipinski definition) is 1. The van der Waals surface area contributed by atoms with Crippen molar-refractivity contribution in [2.75, 3.05) is 26.2 Å². The smallest absolute Gasteiger partial charge is 0.0479 e. The molecule has 1 unspecified atom stereocenters. The fourth-order valence-corrected chi connectivity index (χ4v) is 3.05. The maximum absolute atomic E-state index is 3.42. The molecule has 0 radical (unpaired) electrons. The van der Waals surface area contributed by atoms with Gasteiger partial charge in [0.05, 0.1) is 0 Å². The molecule has 2 aromatic heterocycles.